The smallest absolute Gasteiger partial charge is 0.303 e. The Bertz CT molecular complexity index is 451. The van der Waals surface area contributed by atoms with E-state index in [1.54, 1.807) is 14.2 Å². The summed E-state index contributed by atoms with van der Waals surface area (Å²) in [6, 6.07) is 5.93. The maximum absolute atomic E-state index is 11.0. The van der Waals surface area contributed by atoms with E-state index in [1.165, 1.54) is 0 Å². The molecule has 0 amide bonds. The third kappa shape index (κ3) is 3.47. The van der Waals surface area contributed by atoms with Gasteiger partial charge >= 0.3 is 5.97 Å². The van der Waals surface area contributed by atoms with Gasteiger partial charge in [-0.25, -0.2) is 0 Å². The van der Waals surface area contributed by atoms with Crippen molar-refractivity contribution in [2.75, 3.05) is 14.2 Å². The molecule has 4 heteroatoms. The van der Waals surface area contributed by atoms with Crippen LogP contribution in [0.3, 0.4) is 0 Å². The van der Waals surface area contributed by atoms with Crippen LogP contribution in [0.5, 0.6) is 5.75 Å². The van der Waals surface area contributed by atoms with Gasteiger partial charge in [-0.05, 0) is 36.3 Å². The molecule has 1 aliphatic carbocycles. The molecule has 0 aromatic heterocycles. The van der Waals surface area contributed by atoms with Crippen molar-refractivity contribution in [3.63, 3.8) is 0 Å². The zero-order valence-electron chi connectivity index (χ0n) is 11.4. The maximum atomic E-state index is 11.0. The third-order valence-electron chi connectivity index (χ3n) is 3.62. The number of hydrogen-bond donors (Lipinski definition) is 1. The summed E-state index contributed by atoms with van der Waals surface area (Å²) in [6.45, 7) is 0.497. The van der Waals surface area contributed by atoms with Crippen LogP contribution in [0.4, 0.5) is 0 Å². The molecule has 0 aliphatic heterocycles. The lowest BCUT2D eigenvalue weighted by atomic mass is 9.90. The van der Waals surface area contributed by atoms with Gasteiger partial charge in [-0.3, -0.25) is 4.79 Å². The lowest BCUT2D eigenvalue weighted by Gasteiger charge is -2.17. The summed E-state index contributed by atoms with van der Waals surface area (Å²) in [5.41, 5.74) is 2.04. The van der Waals surface area contributed by atoms with Crippen LogP contribution in [-0.2, 0) is 16.1 Å². The summed E-state index contributed by atoms with van der Waals surface area (Å²) in [5.74, 6) is 0.643. The molecule has 1 N–H and O–H groups in total. The van der Waals surface area contributed by atoms with Crippen LogP contribution in [0.15, 0.2) is 18.2 Å². The SMILES string of the molecule is COCc1ccc(C(CC(=O)O)C2CC2)cc1OC. The molecule has 1 aromatic rings. The van der Waals surface area contributed by atoms with E-state index in [0.717, 1.165) is 29.7 Å². The summed E-state index contributed by atoms with van der Waals surface area (Å²) in [4.78, 5) is 11.0. The average molecular weight is 264 g/mol. The Labute approximate surface area is 113 Å². The fourth-order valence-corrected chi connectivity index (χ4v) is 2.51. The topological polar surface area (TPSA) is 55.8 Å². The first kappa shape index (κ1) is 13.9. The zero-order valence-corrected chi connectivity index (χ0v) is 11.4. The number of ether oxygens (including phenoxy) is 2. The van der Waals surface area contributed by atoms with Gasteiger partial charge in [0, 0.05) is 12.7 Å². The highest BCUT2D eigenvalue weighted by Gasteiger charge is 2.34. The lowest BCUT2D eigenvalue weighted by molar-refractivity contribution is -0.137. The highest BCUT2D eigenvalue weighted by atomic mass is 16.5. The van der Waals surface area contributed by atoms with Crippen molar-refractivity contribution in [3.05, 3.63) is 29.3 Å². The Hall–Kier alpha value is -1.55. The molecule has 4 nitrogen and oxygen atoms in total. The molecule has 1 saturated carbocycles. The number of benzene rings is 1. The molecule has 0 heterocycles. The molecule has 1 aliphatic rings. The molecule has 2 rings (SSSR count). The largest absolute Gasteiger partial charge is 0.496 e. The minimum Gasteiger partial charge on any atom is -0.496 e. The van der Waals surface area contributed by atoms with Crippen LogP contribution in [0.2, 0.25) is 0 Å². The molecular weight excluding hydrogens is 244 g/mol. The van der Waals surface area contributed by atoms with Crippen LogP contribution >= 0.6 is 0 Å². The Morgan fingerprint density at radius 2 is 2.16 bits per heavy atom. The molecule has 104 valence electrons. The molecule has 0 spiro atoms. The standard InChI is InChI=1S/C15H20O4/c1-18-9-12-6-5-11(7-14(12)19-2)13(8-15(16)17)10-3-4-10/h5-7,10,13H,3-4,8-9H2,1-2H3,(H,16,17). The molecule has 0 saturated heterocycles. The van der Waals surface area contributed by atoms with E-state index in [-0.39, 0.29) is 12.3 Å². The van der Waals surface area contributed by atoms with Crippen LogP contribution < -0.4 is 4.74 Å². The van der Waals surface area contributed by atoms with E-state index >= 15 is 0 Å². The van der Waals surface area contributed by atoms with Crippen molar-refractivity contribution < 1.29 is 19.4 Å². The van der Waals surface area contributed by atoms with Crippen molar-refractivity contribution in [1.29, 1.82) is 0 Å². The van der Waals surface area contributed by atoms with Crippen LogP contribution in [0, 0.1) is 5.92 Å². The maximum Gasteiger partial charge on any atom is 0.303 e. The Morgan fingerprint density at radius 1 is 1.42 bits per heavy atom. The highest BCUT2D eigenvalue weighted by molar-refractivity contribution is 5.68. The van der Waals surface area contributed by atoms with Crippen molar-refractivity contribution in [2.45, 2.75) is 31.8 Å². The molecule has 1 unspecified atom stereocenters. The quantitative estimate of drug-likeness (QED) is 0.822. The second-order valence-electron chi connectivity index (χ2n) is 5.05. The third-order valence-corrected chi connectivity index (χ3v) is 3.62. The number of hydrogen-bond acceptors (Lipinski definition) is 3. The van der Waals surface area contributed by atoms with E-state index in [1.807, 2.05) is 18.2 Å². The normalized spacial score (nSPS) is 16.1. The van der Waals surface area contributed by atoms with Crippen molar-refractivity contribution >= 4 is 5.97 Å². The number of carbonyl (C=O) groups is 1. The van der Waals surface area contributed by atoms with Crippen molar-refractivity contribution in [3.8, 4) is 5.75 Å². The second-order valence-corrected chi connectivity index (χ2v) is 5.05. The number of carboxylic acid groups (broad SMARTS) is 1. The van der Waals surface area contributed by atoms with Gasteiger partial charge in [-0.15, -0.1) is 0 Å². The summed E-state index contributed by atoms with van der Waals surface area (Å²) in [6.07, 6.45) is 2.44. The summed E-state index contributed by atoms with van der Waals surface area (Å²) in [5, 5.41) is 9.04. The molecule has 19 heavy (non-hydrogen) atoms. The van der Waals surface area contributed by atoms with Crippen LogP contribution in [0.1, 0.15) is 36.3 Å². The first-order valence-corrected chi connectivity index (χ1v) is 6.53. The van der Waals surface area contributed by atoms with E-state index in [4.69, 9.17) is 14.6 Å². The van der Waals surface area contributed by atoms with Crippen LogP contribution in [0.25, 0.3) is 0 Å². The number of methoxy groups -OCH3 is 2. The number of aliphatic carboxylic acids is 1. The molecule has 1 aromatic carbocycles. The van der Waals surface area contributed by atoms with Gasteiger partial charge in [0.2, 0.25) is 0 Å². The summed E-state index contributed by atoms with van der Waals surface area (Å²) >= 11 is 0. The first-order valence-electron chi connectivity index (χ1n) is 6.53. The van der Waals surface area contributed by atoms with E-state index in [9.17, 15) is 4.79 Å². The van der Waals surface area contributed by atoms with Crippen molar-refractivity contribution in [1.82, 2.24) is 0 Å². The van der Waals surface area contributed by atoms with Gasteiger partial charge < -0.3 is 14.6 Å². The van der Waals surface area contributed by atoms with E-state index < -0.39 is 5.97 Å². The zero-order chi connectivity index (χ0) is 13.8. The van der Waals surface area contributed by atoms with Gasteiger partial charge in [-0.2, -0.15) is 0 Å². The highest BCUT2D eigenvalue weighted by Crippen LogP contribution is 2.45. The predicted molar refractivity (Wildman–Crippen MR) is 71.4 cm³/mol. The second kappa shape index (κ2) is 6.06. The first-order chi connectivity index (χ1) is 9.15. The predicted octanol–water partition coefficient (Wildman–Crippen LogP) is 2.81. The molecule has 0 radical (unpaired) electrons. The average Bonchev–Trinajstić information content (AvgIpc) is 3.21. The Kier molecular flexibility index (Phi) is 4.43. The van der Waals surface area contributed by atoms with E-state index in [0.29, 0.717) is 12.5 Å². The fourth-order valence-electron chi connectivity index (χ4n) is 2.51. The van der Waals surface area contributed by atoms with Crippen molar-refractivity contribution in [2.24, 2.45) is 5.92 Å². The van der Waals surface area contributed by atoms with Gasteiger partial charge in [0.05, 0.1) is 20.1 Å². The molecule has 0 bridgehead atoms. The monoisotopic (exact) mass is 264 g/mol. The number of carboxylic acids is 1. The molecule has 1 fully saturated rings. The summed E-state index contributed by atoms with van der Waals surface area (Å²) < 4.78 is 10.5. The fraction of sp³-hybridized carbons (Fsp3) is 0.533. The Morgan fingerprint density at radius 3 is 2.68 bits per heavy atom. The Balaban J connectivity index is 2.24. The van der Waals surface area contributed by atoms with Gasteiger partial charge in [0.15, 0.2) is 0 Å². The van der Waals surface area contributed by atoms with Gasteiger partial charge in [0.1, 0.15) is 5.75 Å². The van der Waals surface area contributed by atoms with E-state index in [2.05, 4.69) is 0 Å². The number of rotatable bonds is 7. The van der Waals surface area contributed by atoms with Gasteiger partial charge in [-0.1, -0.05) is 12.1 Å². The van der Waals surface area contributed by atoms with Crippen LogP contribution in [-0.4, -0.2) is 25.3 Å². The summed E-state index contributed by atoms with van der Waals surface area (Å²) in [7, 11) is 3.27. The molecule has 1 atom stereocenters. The molecular formula is C15H20O4. The van der Waals surface area contributed by atoms with Gasteiger partial charge in [0.25, 0.3) is 0 Å². The minimum absolute atomic E-state index is 0.1000. The minimum atomic E-state index is -0.739. The lowest BCUT2D eigenvalue weighted by Crippen LogP contribution is -2.09.